The molecule has 5 rings (SSSR count). The van der Waals surface area contributed by atoms with Crippen molar-refractivity contribution in [2.45, 2.75) is 85.4 Å². The molecule has 0 aliphatic carbocycles. The van der Waals surface area contributed by atoms with Crippen molar-refractivity contribution in [3.63, 3.8) is 0 Å². The number of hydrogen-bond donors (Lipinski definition) is 0. The summed E-state index contributed by atoms with van der Waals surface area (Å²) in [5, 5.41) is 8.25. The summed E-state index contributed by atoms with van der Waals surface area (Å²) in [5.41, 5.74) is 0.290. The monoisotopic (exact) mass is 638 g/mol. The molecule has 2 aromatic rings. The standard InChI is InChI=1S/C34H47FN6O5/c1-8-40(22(2)3)30(42)25-19-24(35)9-10-27(25)45-29-26(11-15-36-37-29)39-20-34(21-39)13-17-38(18-14-34)31(43)28-23(4)12-16-41(28)32(44)46-33(5,6)7/h9-11,15,19,22-23,28H,8,12-14,16-18,20-21H2,1-7H3/t23-,28-/m0/s1. The maximum atomic E-state index is 14.3. The molecule has 250 valence electrons. The van der Waals surface area contributed by atoms with Crippen LogP contribution in [0.3, 0.4) is 0 Å². The number of ether oxygens (including phenoxy) is 2. The van der Waals surface area contributed by atoms with E-state index in [4.69, 9.17) is 9.47 Å². The smallest absolute Gasteiger partial charge is 0.410 e. The molecule has 0 N–H and O–H groups in total. The van der Waals surface area contributed by atoms with Crippen LogP contribution in [0.25, 0.3) is 0 Å². The van der Waals surface area contributed by atoms with Crippen LogP contribution in [0.5, 0.6) is 11.6 Å². The second kappa shape index (κ2) is 13.0. The molecular formula is C34H47FN6O5. The largest absolute Gasteiger partial charge is 0.444 e. The molecule has 2 atom stereocenters. The summed E-state index contributed by atoms with van der Waals surface area (Å²) in [7, 11) is 0. The molecule has 3 aliphatic rings. The lowest BCUT2D eigenvalue weighted by Crippen LogP contribution is -2.62. The van der Waals surface area contributed by atoms with Crippen molar-refractivity contribution in [3.8, 4) is 11.6 Å². The maximum Gasteiger partial charge on any atom is 0.410 e. The quantitative estimate of drug-likeness (QED) is 0.399. The molecule has 1 spiro atoms. The molecule has 1 aromatic heterocycles. The zero-order chi connectivity index (χ0) is 33.4. The number of piperidine rings is 1. The average Bonchev–Trinajstić information content (AvgIpc) is 3.37. The number of carbonyl (C=O) groups excluding carboxylic acids is 3. The van der Waals surface area contributed by atoms with E-state index in [1.165, 1.54) is 18.2 Å². The van der Waals surface area contributed by atoms with E-state index in [9.17, 15) is 18.8 Å². The summed E-state index contributed by atoms with van der Waals surface area (Å²) < 4.78 is 26.1. The highest BCUT2D eigenvalue weighted by Crippen LogP contribution is 2.45. The minimum atomic E-state index is -0.623. The van der Waals surface area contributed by atoms with Gasteiger partial charge in [-0.2, -0.15) is 5.10 Å². The van der Waals surface area contributed by atoms with Crippen LogP contribution in [-0.4, -0.2) is 99.8 Å². The van der Waals surface area contributed by atoms with Crippen molar-refractivity contribution in [2.75, 3.05) is 44.2 Å². The van der Waals surface area contributed by atoms with E-state index in [1.54, 1.807) is 16.0 Å². The summed E-state index contributed by atoms with van der Waals surface area (Å²) in [4.78, 5) is 47.2. The Morgan fingerprint density at radius 2 is 1.80 bits per heavy atom. The molecule has 3 fully saturated rings. The first-order valence-electron chi connectivity index (χ1n) is 16.4. The number of benzene rings is 1. The van der Waals surface area contributed by atoms with Gasteiger partial charge in [-0.25, -0.2) is 9.18 Å². The van der Waals surface area contributed by atoms with E-state index in [-0.39, 0.29) is 46.4 Å². The summed E-state index contributed by atoms with van der Waals surface area (Å²) >= 11 is 0. The fourth-order valence-corrected chi connectivity index (χ4v) is 6.87. The van der Waals surface area contributed by atoms with E-state index in [1.807, 2.05) is 59.4 Å². The third-order valence-corrected chi connectivity index (χ3v) is 9.38. The number of hydrogen-bond acceptors (Lipinski definition) is 8. The summed E-state index contributed by atoms with van der Waals surface area (Å²) in [6.07, 6.45) is 3.63. The SMILES string of the molecule is CCN(C(=O)c1cc(F)ccc1Oc1nnccc1N1CC2(CCN(C(=O)[C@@H]3[C@@H](C)CCN3C(=O)OC(C)(C)C)CC2)C1)C(C)C. The molecule has 3 amide bonds. The Labute approximate surface area is 271 Å². The van der Waals surface area contributed by atoms with Gasteiger partial charge in [0.15, 0.2) is 0 Å². The van der Waals surface area contributed by atoms with Gasteiger partial charge in [-0.05, 0) is 91.0 Å². The van der Waals surface area contributed by atoms with Gasteiger partial charge in [0.2, 0.25) is 5.91 Å². The van der Waals surface area contributed by atoms with E-state index < -0.39 is 23.6 Å². The van der Waals surface area contributed by atoms with Crippen molar-refractivity contribution in [3.05, 3.63) is 41.8 Å². The molecule has 3 aliphatic heterocycles. The topological polar surface area (TPSA) is 108 Å². The molecule has 4 heterocycles. The molecule has 0 bridgehead atoms. The van der Waals surface area contributed by atoms with E-state index in [0.29, 0.717) is 26.2 Å². The molecule has 0 saturated carbocycles. The molecular weight excluding hydrogens is 591 g/mol. The molecule has 12 heteroatoms. The first kappa shape index (κ1) is 33.4. The fourth-order valence-electron chi connectivity index (χ4n) is 6.87. The van der Waals surface area contributed by atoms with Gasteiger partial charge in [0.1, 0.15) is 28.9 Å². The van der Waals surface area contributed by atoms with E-state index in [2.05, 4.69) is 15.1 Å². The summed E-state index contributed by atoms with van der Waals surface area (Å²) in [6, 6.07) is 5.18. The Hall–Kier alpha value is -3.96. The average molecular weight is 639 g/mol. The fraction of sp³-hybridized carbons (Fsp3) is 0.618. The lowest BCUT2D eigenvalue weighted by atomic mass is 9.71. The molecule has 0 unspecified atom stereocenters. The Bertz CT molecular complexity index is 1450. The van der Waals surface area contributed by atoms with Crippen LogP contribution in [0, 0.1) is 17.2 Å². The maximum absolute atomic E-state index is 14.3. The second-order valence-corrected chi connectivity index (χ2v) is 14.2. The number of aromatic nitrogens is 2. The number of anilines is 1. The van der Waals surface area contributed by atoms with Gasteiger partial charge < -0.3 is 24.2 Å². The van der Waals surface area contributed by atoms with Crippen molar-refractivity contribution in [1.29, 1.82) is 0 Å². The predicted molar refractivity (Wildman–Crippen MR) is 171 cm³/mol. The van der Waals surface area contributed by atoms with Crippen molar-refractivity contribution in [1.82, 2.24) is 24.9 Å². The molecule has 0 radical (unpaired) electrons. The number of halogens is 1. The Balaban J connectivity index is 1.23. The first-order chi connectivity index (χ1) is 21.7. The van der Waals surface area contributed by atoms with E-state index >= 15 is 0 Å². The molecule has 46 heavy (non-hydrogen) atoms. The number of amides is 3. The van der Waals surface area contributed by atoms with Gasteiger partial charge in [0, 0.05) is 50.7 Å². The van der Waals surface area contributed by atoms with Gasteiger partial charge in [0.05, 0.1) is 11.8 Å². The van der Waals surface area contributed by atoms with Crippen LogP contribution in [-0.2, 0) is 9.53 Å². The molecule has 11 nitrogen and oxygen atoms in total. The Morgan fingerprint density at radius 3 is 2.43 bits per heavy atom. The predicted octanol–water partition coefficient (Wildman–Crippen LogP) is 5.35. The Kier molecular flexibility index (Phi) is 9.47. The molecule has 3 saturated heterocycles. The summed E-state index contributed by atoms with van der Waals surface area (Å²) in [6.45, 7) is 17.0. The normalized spacial score (nSPS) is 20.9. The van der Waals surface area contributed by atoms with Crippen LogP contribution in [0.15, 0.2) is 30.5 Å². The number of rotatable bonds is 7. The highest BCUT2D eigenvalue weighted by Gasteiger charge is 2.49. The van der Waals surface area contributed by atoms with Gasteiger partial charge in [-0.15, -0.1) is 5.10 Å². The van der Waals surface area contributed by atoms with Crippen molar-refractivity contribution >= 4 is 23.6 Å². The van der Waals surface area contributed by atoms with Gasteiger partial charge in [0.25, 0.3) is 11.8 Å². The van der Waals surface area contributed by atoms with Crippen molar-refractivity contribution in [2.24, 2.45) is 11.3 Å². The van der Waals surface area contributed by atoms with E-state index in [0.717, 1.165) is 38.0 Å². The molecule has 1 aromatic carbocycles. The van der Waals surface area contributed by atoms with Crippen LogP contribution >= 0.6 is 0 Å². The highest BCUT2D eigenvalue weighted by molar-refractivity contribution is 5.97. The minimum Gasteiger partial charge on any atom is -0.444 e. The lowest BCUT2D eigenvalue weighted by Gasteiger charge is -2.55. The minimum absolute atomic E-state index is 0.000312. The zero-order valence-electron chi connectivity index (χ0n) is 28.1. The number of likely N-dealkylation sites (tertiary alicyclic amines) is 2. The third kappa shape index (κ3) is 6.90. The second-order valence-electron chi connectivity index (χ2n) is 14.2. The summed E-state index contributed by atoms with van der Waals surface area (Å²) in [5.74, 6) is -0.307. The van der Waals surface area contributed by atoms with Crippen LogP contribution in [0.4, 0.5) is 14.9 Å². The van der Waals surface area contributed by atoms with Crippen LogP contribution in [0.2, 0.25) is 0 Å². The first-order valence-corrected chi connectivity index (χ1v) is 16.4. The highest BCUT2D eigenvalue weighted by atomic mass is 19.1. The number of carbonyl (C=O) groups is 3. The third-order valence-electron chi connectivity index (χ3n) is 9.38. The number of nitrogens with zero attached hydrogens (tertiary/aromatic N) is 6. The lowest BCUT2D eigenvalue weighted by molar-refractivity contribution is -0.139. The van der Waals surface area contributed by atoms with Crippen molar-refractivity contribution < 1.29 is 28.2 Å². The zero-order valence-corrected chi connectivity index (χ0v) is 28.1. The van der Waals surface area contributed by atoms with Gasteiger partial charge in [-0.3, -0.25) is 14.5 Å². The van der Waals surface area contributed by atoms with Gasteiger partial charge >= 0.3 is 6.09 Å². The van der Waals surface area contributed by atoms with Crippen LogP contribution < -0.4 is 9.64 Å². The van der Waals surface area contributed by atoms with Crippen LogP contribution in [0.1, 0.15) is 78.1 Å². The van der Waals surface area contributed by atoms with Gasteiger partial charge in [-0.1, -0.05) is 6.92 Å². The Morgan fingerprint density at radius 1 is 1.11 bits per heavy atom.